The van der Waals surface area contributed by atoms with Crippen molar-refractivity contribution in [3.8, 4) is 0 Å². The van der Waals surface area contributed by atoms with Crippen molar-refractivity contribution in [3.05, 3.63) is 36.5 Å². The minimum absolute atomic E-state index is 0.0153. The fourth-order valence-corrected chi connectivity index (χ4v) is 8.72. The quantitative estimate of drug-likeness (QED) is 0.0321. The number of allylic oxidation sites excluding steroid dienone is 6. The minimum Gasteiger partial charge on any atom is -0.466 e. The van der Waals surface area contributed by atoms with Crippen molar-refractivity contribution in [2.24, 2.45) is 0 Å². The van der Waals surface area contributed by atoms with Gasteiger partial charge >= 0.3 is 5.97 Å². The standard InChI is InChI=1S/C59H111NO5/c1-3-5-7-9-11-13-15-17-19-25-29-33-37-41-45-49-53-59(64)65-54-50-46-42-38-34-30-26-22-20-21-24-28-32-36-40-44-48-52-58(63)60-56(55-61)57(62)51-47-43-39-35-31-27-23-18-16-14-12-10-8-6-4-2/h13,15,19-20,22,25,56-57,61-62H,3-12,14,16-18,21,23-24,26-55H2,1-2H3,(H,60,63)/b15-13-,22-20-,25-19-. The fraction of sp³-hybridized carbons (Fsp3) is 0.864. The first kappa shape index (κ1) is 63.1. The highest BCUT2D eigenvalue weighted by Crippen LogP contribution is 2.16. The molecule has 0 aliphatic rings. The number of hydrogen-bond acceptors (Lipinski definition) is 5. The van der Waals surface area contributed by atoms with Gasteiger partial charge in [-0.15, -0.1) is 0 Å². The number of esters is 1. The van der Waals surface area contributed by atoms with Crippen LogP contribution in [0.1, 0.15) is 303 Å². The Bertz CT molecular complexity index is 1060. The molecule has 382 valence electrons. The summed E-state index contributed by atoms with van der Waals surface area (Å²) >= 11 is 0. The van der Waals surface area contributed by atoms with Crippen LogP contribution >= 0.6 is 0 Å². The van der Waals surface area contributed by atoms with Gasteiger partial charge in [-0.25, -0.2) is 0 Å². The largest absolute Gasteiger partial charge is 0.466 e. The average Bonchev–Trinajstić information content (AvgIpc) is 3.31. The Morgan fingerprint density at radius 3 is 1.20 bits per heavy atom. The number of unbranched alkanes of at least 4 members (excludes halogenated alkanes) is 36. The summed E-state index contributed by atoms with van der Waals surface area (Å²) in [6.45, 7) is 4.91. The number of aliphatic hydroxyl groups excluding tert-OH is 2. The second-order valence-corrected chi connectivity index (χ2v) is 19.6. The molecule has 2 atom stereocenters. The summed E-state index contributed by atoms with van der Waals surface area (Å²) in [7, 11) is 0. The molecule has 1 amide bonds. The highest BCUT2D eigenvalue weighted by molar-refractivity contribution is 5.76. The van der Waals surface area contributed by atoms with Gasteiger partial charge in [0, 0.05) is 12.8 Å². The van der Waals surface area contributed by atoms with E-state index < -0.39 is 12.1 Å². The molecule has 0 bridgehead atoms. The van der Waals surface area contributed by atoms with Crippen LogP contribution in [0.25, 0.3) is 0 Å². The first-order valence-electron chi connectivity index (χ1n) is 28.7. The first-order chi connectivity index (χ1) is 32.0. The van der Waals surface area contributed by atoms with Crippen molar-refractivity contribution in [1.29, 1.82) is 0 Å². The van der Waals surface area contributed by atoms with Gasteiger partial charge < -0.3 is 20.3 Å². The monoisotopic (exact) mass is 914 g/mol. The molecule has 6 nitrogen and oxygen atoms in total. The molecule has 0 aliphatic heterocycles. The third kappa shape index (κ3) is 51.3. The van der Waals surface area contributed by atoms with E-state index in [2.05, 4.69) is 55.6 Å². The van der Waals surface area contributed by atoms with E-state index in [4.69, 9.17) is 4.74 Å². The van der Waals surface area contributed by atoms with Crippen molar-refractivity contribution in [1.82, 2.24) is 5.32 Å². The number of ether oxygens (including phenoxy) is 1. The highest BCUT2D eigenvalue weighted by atomic mass is 16.5. The lowest BCUT2D eigenvalue weighted by Crippen LogP contribution is -2.45. The van der Waals surface area contributed by atoms with E-state index in [-0.39, 0.29) is 18.5 Å². The number of aliphatic hydroxyl groups is 2. The third-order valence-corrected chi connectivity index (χ3v) is 13.2. The van der Waals surface area contributed by atoms with E-state index in [9.17, 15) is 19.8 Å². The molecule has 0 rings (SSSR count). The maximum absolute atomic E-state index is 12.5. The summed E-state index contributed by atoms with van der Waals surface area (Å²) in [5.41, 5.74) is 0. The van der Waals surface area contributed by atoms with Crippen LogP contribution in [0, 0.1) is 0 Å². The molecule has 0 saturated carbocycles. The summed E-state index contributed by atoms with van der Waals surface area (Å²) in [6, 6.07) is -0.551. The number of carbonyl (C=O) groups is 2. The van der Waals surface area contributed by atoms with E-state index >= 15 is 0 Å². The Balaban J connectivity index is 3.47. The predicted octanol–water partition coefficient (Wildman–Crippen LogP) is 17.6. The van der Waals surface area contributed by atoms with E-state index in [1.54, 1.807) is 0 Å². The van der Waals surface area contributed by atoms with E-state index in [0.29, 0.717) is 25.9 Å². The molecule has 0 aliphatic carbocycles. The maximum Gasteiger partial charge on any atom is 0.305 e. The Morgan fingerprint density at radius 2 is 0.769 bits per heavy atom. The summed E-state index contributed by atoms with van der Waals surface area (Å²) in [6.07, 6.45) is 67.0. The molecule has 0 aromatic rings. The number of rotatable bonds is 53. The van der Waals surface area contributed by atoms with Gasteiger partial charge in [0.15, 0.2) is 0 Å². The van der Waals surface area contributed by atoms with Gasteiger partial charge in [-0.2, -0.15) is 0 Å². The van der Waals surface area contributed by atoms with Gasteiger partial charge in [-0.1, -0.05) is 243 Å². The molecule has 0 aromatic heterocycles. The summed E-state index contributed by atoms with van der Waals surface area (Å²) in [5, 5.41) is 23.3. The second kappa shape index (κ2) is 54.7. The lowest BCUT2D eigenvalue weighted by Gasteiger charge is -2.22. The van der Waals surface area contributed by atoms with Crippen LogP contribution in [0.5, 0.6) is 0 Å². The van der Waals surface area contributed by atoms with Crippen LogP contribution in [0.15, 0.2) is 36.5 Å². The van der Waals surface area contributed by atoms with E-state index in [1.165, 1.54) is 205 Å². The zero-order valence-electron chi connectivity index (χ0n) is 43.5. The van der Waals surface area contributed by atoms with Crippen molar-refractivity contribution in [2.75, 3.05) is 13.2 Å². The predicted molar refractivity (Wildman–Crippen MR) is 283 cm³/mol. The summed E-state index contributed by atoms with van der Waals surface area (Å²) < 4.78 is 5.46. The van der Waals surface area contributed by atoms with Crippen LogP contribution in [-0.2, 0) is 14.3 Å². The first-order valence-corrected chi connectivity index (χ1v) is 28.7. The molecule has 0 radical (unpaired) electrons. The van der Waals surface area contributed by atoms with Gasteiger partial charge in [0.05, 0.1) is 25.4 Å². The molecule has 0 saturated heterocycles. The van der Waals surface area contributed by atoms with Crippen LogP contribution in [-0.4, -0.2) is 47.4 Å². The SMILES string of the molecule is CCCCCC/C=C\C/C=C\CCCCCCCC(=O)OCCCCCCCC/C=C\CCCCCCCCCC(=O)NC(CO)C(O)CCCCCCCCCCCCCCCCC. The normalized spacial score (nSPS) is 12.9. The fourth-order valence-electron chi connectivity index (χ4n) is 8.72. The Hall–Kier alpha value is -1.92. The van der Waals surface area contributed by atoms with Crippen LogP contribution < -0.4 is 5.32 Å². The lowest BCUT2D eigenvalue weighted by molar-refractivity contribution is -0.143. The molecule has 0 aromatic carbocycles. The van der Waals surface area contributed by atoms with Gasteiger partial charge in [0.1, 0.15) is 0 Å². The molecule has 0 fully saturated rings. The smallest absolute Gasteiger partial charge is 0.305 e. The highest BCUT2D eigenvalue weighted by Gasteiger charge is 2.20. The topological polar surface area (TPSA) is 95.9 Å². The van der Waals surface area contributed by atoms with Crippen molar-refractivity contribution in [2.45, 2.75) is 315 Å². The number of carbonyl (C=O) groups excluding carboxylic acids is 2. The molecule has 65 heavy (non-hydrogen) atoms. The maximum atomic E-state index is 12.5. The third-order valence-electron chi connectivity index (χ3n) is 13.2. The van der Waals surface area contributed by atoms with Crippen molar-refractivity contribution < 1.29 is 24.5 Å². The second-order valence-electron chi connectivity index (χ2n) is 19.6. The zero-order valence-corrected chi connectivity index (χ0v) is 43.5. The average molecular weight is 915 g/mol. The molecular formula is C59H111NO5. The molecule has 2 unspecified atom stereocenters. The molecule has 3 N–H and O–H groups in total. The van der Waals surface area contributed by atoms with Crippen LogP contribution in [0.2, 0.25) is 0 Å². The number of nitrogens with one attached hydrogen (secondary N) is 1. The molecular weight excluding hydrogens is 803 g/mol. The molecule has 0 heterocycles. The number of amides is 1. The Labute approximate surface area is 404 Å². The van der Waals surface area contributed by atoms with Gasteiger partial charge in [0.25, 0.3) is 0 Å². The number of hydrogen-bond donors (Lipinski definition) is 3. The van der Waals surface area contributed by atoms with Gasteiger partial charge in [-0.3, -0.25) is 9.59 Å². The summed E-state index contributed by atoms with van der Waals surface area (Å²) in [4.78, 5) is 24.5. The molecule has 6 heteroatoms. The van der Waals surface area contributed by atoms with E-state index in [0.717, 1.165) is 64.2 Å². The minimum atomic E-state index is -0.673. The van der Waals surface area contributed by atoms with Crippen molar-refractivity contribution in [3.63, 3.8) is 0 Å². The Morgan fingerprint density at radius 1 is 0.431 bits per heavy atom. The zero-order chi connectivity index (χ0) is 47.2. The van der Waals surface area contributed by atoms with Crippen LogP contribution in [0.3, 0.4) is 0 Å². The van der Waals surface area contributed by atoms with Crippen molar-refractivity contribution >= 4 is 11.9 Å². The van der Waals surface area contributed by atoms with E-state index in [1.807, 2.05) is 0 Å². The Kier molecular flexibility index (Phi) is 53.1. The summed E-state index contributed by atoms with van der Waals surface area (Å²) in [5.74, 6) is -0.0622. The van der Waals surface area contributed by atoms with Gasteiger partial charge in [0.2, 0.25) is 5.91 Å². The lowest BCUT2D eigenvalue weighted by atomic mass is 10.0. The van der Waals surface area contributed by atoms with Gasteiger partial charge in [-0.05, 0) is 83.5 Å². The molecule has 0 spiro atoms. The van der Waals surface area contributed by atoms with Crippen LogP contribution in [0.4, 0.5) is 0 Å².